The average Bonchev–Trinajstić information content (AvgIpc) is 3.36. The monoisotopic (exact) mass is 991 g/mol. The Morgan fingerprint density at radius 3 is 0.420 bits per heavy atom. The molecule has 0 heterocycles. The fourth-order valence-electron chi connectivity index (χ4n) is 11.0. The number of hydrogen-bond donors (Lipinski definition) is 0. The van der Waals surface area contributed by atoms with E-state index in [-0.39, 0.29) is 9.03 Å². The topological polar surface area (TPSA) is 18.5 Å². The quantitative estimate of drug-likeness (QED) is 0.0447. The predicted octanol–water partition coefficient (Wildman–Crippen LogP) is 25.8. The summed E-state index contributed by atoms with van der Waals surface area (Å²) in [4.78, 5) is 0. The SMILES string of the molecule is CCCCCCCCCCCCCCCCC(CCCCCCCCCCCCCCCC)OPOC(CCCCCCCCCCCCCCCC)CCCCCCCCCCCCCCCC. The van der Waals surface area contributed by atoms with Gasteiger partial charge in [0, 0.05) is 0 Å². The summed E-state index contributed by atoms with van der Waals surface area (Å²) < 4.78 is 13.5. The van der Waals surface area contributed by atoms with Gasteiger partial charge < -0.3 is 9.05 Å². The van der Waals surface area contributed by atoms with Crippen LogP contribution in [-0.4, -0.2) is 12.2 Å². The predicted molar refractivity (Wildman–Crippen MR) is 318 cm³/mol. The van der Waals surface area contributed by atoms with Crippen LogP contribution in [0.15, 0.2) is 0 Å². The second-order valence-electron chi connectivity index (χ2n) is 23.1. The van der Waals surface area contributed by atoms with Crippen molar-refractivity contribution >= 4 is 9.03 Å². The molecule has 0 aliphatic rings. The van der Waals surface area contributed by atoms with Gasteiger partial charge in [0.1, 0.15) is 0 Å². The van der Waals surface area contributed by atoms with Crippen molar-refractivity contribution in [1.82, 2.24) is 0 Å². The Morgan fingerprint density at radius 2 is 0.290 bits per heavy atom. The van der Waals surface area contributed by atoms with Crippen molar-refractivity contribution in [3.8, 4) is 0 Å². The van der Waals surface area contributed by atoms with E-state index in [1.165, 1.54) is 385 Å². The Morgan fingerprint density at radius 1 is 0.174 bits per heavy atom. The molecule has 0 saturated heterocycles. The van der Waals surface area contributed by atoms with Crippen molar-refractivity contribution in [2.24, 2.45) is 0 Å². The van der Waals surface area contributed by atoms with E-state index in [1.54, 1.807) is 0 Å². The minimum absolute atomic E-state index is 0.237. The molecule has 0 N–H and O–H groups in total. The molecule has 0 aromatic carbocycles. The van der Waals surface area contributed by atoms with E-state index >= 15 is 0 Å². The fraction of sp³-hybridized carbons (Fsp3) is 1.00. The highest BCUT2D eigenvalue weighted by atomic mass is 31.1. The summed E-state index contributed by atoms with van der Waals surface area (Å²) in [5.41, 5.74) is 0. The molecule has 0 aromatic heterocycles. The highest BCUT2D eigenvalue weighted by molar-refractivity contribution is 7.26. The van der Waals surface area contributed by atoms with Crippen LogP contribution in [-0.2, 0) is 9.05 Å². The molecule has 0 aromatic rings. The van der Waals surface area contributed by atoms with Gasteiger partial charge in [-0.3, -0.25) is 0 Å². The maximum Gasteiger partial charge on any atom is 0.155 e. The molecular weight excluding hydrogens is 856 g/mol. The Bertz CT molecular complexity index is 732. The maximum atomic E-state index is 6.75. The first-order valence-electron chi connectivity index (χ1n) is 33.3. The molecule has 0 bridgehead atoms. The number of unbranched alkanes of at least 4 members (excludes halogenated alkanes) is 52. The normalized spacial score (nSPS) is 11.9. The Kier molecular flexibility index (Phi) is 64.8. The first kappa shape index (κ1) is 69.3. The van der Waals surface area contributed by atoms with Crippen molar-refractivity contribution in [3.05, 3.63) is 0 Å². The van der Waals surface area contributed by atoms with Gasteiger partial charge in [-0.2, -0.15) is 0 Å². The minimum atomic E-state index is 0.237. The standard InChI is InChI=1S/C66H135O2P/c1-5-9-13-17-21-25-29-33-37-41-45-49-53-57-61-65(62-58-54-50-46-42-38-34-30-26-22-18-14-10-6-2)67-69-68-66(63-59-55-51-47-43-39-35-31-27-23-19-15-11-7-3)64-60-56-52-48-44-40-36-32-28-24-20-16-12-8-4/h65-66,69H,5-64H2,1-4H3. The lowest BCUT2D eigenvalue weighted by Crippen LogP contribution is -2.12. The van der Waals surface area contributed by atoms with E-state index in [1.807, 2.05) is 0 Å². The molecule has 0 radical (unpaired) electrons. The Labute approximate surface area is 441 Å². The average molecular weight is 992 g/mol. The first-order valence-corrected chi connectivity index (χ1v) is 34.2. The van der Waals surface area contributed by atoms with Crippen molar-refractivity contribution in [2.75, 3.05) is 0 Å². The smallest absolute Gasteiger partial charge is 0.155 e. The van der Waals surface area contributed by atoms with Gasteiger partial charge in [-0.15, -0.1) is 0 Å². The molecule has 0 aliphatic carbocycles. The number of rotatable bonds is 64. The minimum Gasteiger partial charge on any atom is -0.333 e. The summed E-state index contributed by atoms with van der Waals surface area (Å²) in [6, 6.07) is 0. The van der Waals surface area contributed by atoms with Gasteiger partial charge in [-0.25, -0.2) is 0 Å². The Balaban J connectivity index is 4.75. The zero-order valence-corrected chi connectivity index (χ0v) is 49.9. The van der Waals surface area contributed by atoms with Crippen LogP contribution in [0.4, 0.5) is 0 Å². The molecule has 0 saturated carbocycles. The molecule has 0 amide bonds. The van der Waals surface area contributed by atoms with Crippen LogP contribution in [0.3, 0.4) is 0 Å². The summed E-state index contributed by atoms with van der Waals surface area (Å²) >= 11 is 0. The molecule has 0 aliphatic heterocycles. The molecule has 0 atom stereocenters. The number of hydrogen-bond acceptors (Lipinski definition) is 2. The van der Waals surface area contributed by atoms with Gasteiger partial charge in [0.05, 0.1) is 12.2 Å². The molecule has 0 spiro atoms. The van der Waals surface area contributed by atoms with Gasteiger partial charge in [0.25, 0.3) is 0 Å². The third kappa shape index (κ3) is 60.8. The summed E-state index contributed by atoms with van der Waals surface area (Å²) in [6.07, 6.45) is 86.0. The summed E-state index contributed by atoms with van der Waals surface area (Å²) in [5, 5.41) is 0. The van der Waals surface area contributed by atoms with Gasteiger partial charge in [0.15, 0.2) is 9.03 Å². The highest BCUT2D eigenvalue weighted by Crippen LogP contribution is 2.30. The molecule has 416 valence electrons. The zero-order valence-electron chi connectivity index (χ0n) is 48.9. The second-order valence-corrected chi connectivity index (χ2v) is 23.7. The van der Waals surface area contributed by atoms with Crippen LogP contribution < -0.4 is 0 Å². The fourth-order valence-corrected chi connectivity index (χ4v) is 11.8. The van der Waals surface area contributed by atoms with Crippen molar-refractivity contribution < 1.29 is 9.05 Å². The lowest BCUT2D eigenvalue weighted by atomic mass is 10.0. The lowest BCUT2D eigenvalue weighted by molar-refractivity contribution is 0.129. The second kappa shape index (κ2) is 64.5. The molecule has 0 fully saturated rings. The largest absolute Gasteiger partial charge is 0.333 e. The van der Waals surface area contributed by atoms with Gasteiger partial charge in [-0.1, -0.05) is 387 Å². The van der Waals surface area contributed by atoms with Crippen molar-refractivity contribution in [3.63, 3.8) is 0 Å². The van der Waals surface area contributed by atoms with Crippen LogP contribution in [0.2, 0.25) is 0 Å². The van der Waals surface area contributed by atoms with Crippen LogP contribution in [0, 0.1) is 0 Å². The van der Waals surface area contributed by atoms with E-state index in [2.05, 4.69) is 27.7 Å². The third-order valence-corrected chi connectivity index (χ3v) is 16.8. The third-order valence-electron chi connectivity index (χ3n) is 15.9. The van der Waals surface area contributed by atoms with Crippen LogP contribution in [0.25, 0.3) is 0 Å². The molecule has 0 rings (SSSR count). The van der Waals surface area contributed by atoms with E-state index in [4.69, 9.17) is 9.05 Å². The van der Waals surface area contributed by atoms with Crippen LogP contribution >= 0.6 is 9.03 Å². The van der Waals surface area contributed by atoms with E-state index in [0.717, 1.165) is 0 Å². The van der Waals surface area contributed by atoms with Crippen molar-refractivity contribution in [1.29, 1.82) is 0 Å². The van der Waals surface area contributed by atoms with Crippen LogP contribution in [0.1, 0.15) is 413 Å². The summed E-state index contributed by atoms with van der Waals surface area (Å²) in [5.74, 6) is 0. The molecule has 69 heavy (non-hydrogen) atoms. The van der Waals surface area contributed by atoms with Crippen LogP contribution in [0.5, 0.6) is 0 Å². The van der Waals surface area contributed by atoms with E-state index < -0.39 is 0 Å². The maximum absolute atomic E-state index is 6.75. The first-order chi connectivity index (χ1) is 34.3. The van der Waals surface area contributed by atoms with Gasteiger partial charge in [0.2, 0.25) is 0 Å². The van der Waals surface area contributed by atoms with Crippen molar-refractivity contribution in [2.45, 2.75) is 425 Å². The molecule has 2 nitrogen and oxygen atoms in total. The molecular formula is C66H135O2P. The highest BCUT2D eigenvalue weighted by Gasteiger charge is 2.14. The zero-order chi connectivity index (χ0) is 49.7. The molecule has 3 heteroatoms. The van der Waals surface area contributed by atoms with E-state index in [9.17, 15) is 0 Å². The van der Waals surface area contributed by atoms with E-state index in [0.29, 0.717) is 12.2 Å². The van der Waals surface area contributed by atoms with Gasteiger partial charge in [-0.05, 0) is 25.7 Å². The molecule has 0 unspecified atom stereocenters. The summed E-state index contributed by atoms with van der Waals surface area (Å²) in [7, 11) is 0.237. The Hall–Kier alpha value is 0.350. The van der Waals surface area contributed by atoms with Gasteiger partial charge >= 0.3 is 0 Å². The summed E-state index contributed by atoms with van der Waals surface area (Å²) in [6.45, 7) is 9.29. The lowest BCUT2D eigenvalue weighted by Gasteiger charge is -2.21.